The lowest BCUT2D eigenvalue weighted by Crippen LogP contribution is -2.28. The Morgan fingerprint density at radius 1 is 1.42 bits per heavy atom. The van der Waals surface area contributed by atoms with Crippen LogP contribution < -0.4 is 0 Å². The third-order valence-corrected chi connectivity index (χ3v) is 1.95. The lowest BCUT2D eigenvalue weighted by molar-refractivity contribution is 0.287. The molecule has 0 spiro atoms. The Kier molecular flexibility index (Phi) is 1.56. The fraction of sp³-hybridized carbons (Fsp3) is 0.571. The van der Waals surface area contributed by atoms with Crippen LogP contribution in [-0.4, -0.2) is 31.1 Å². The lowest BCUT2D eigenvalue weighted by atomic mass is 10.3. The van der Waals surface area contributed by atoms with E-state index in [1.54, 1.807) is 4.68 Å². The highest BCUT2D eigenvalue weighted by atomic mass is 15.5. The van der Waals surface area contributed by atoms with E-state index in [1.165, 1.54) is 0 Å². The Morgan fingerprint density at radius 3 is 3.00 bits per heavy atom. The predicted octanol–water partition coefficient (Wildman–Crippen LogP) is 0.325. The lowest BCUT2D eigenvalue weighted by Gasteiger charge is -2.26. The van der Waals surface area contributed by atoms with E-state index in [-0.39, 0.29) is 0 Å². The van der Waals surface area contributed by atoms with Gasteiger partial charge in [0, 0.05) is 18.4 Å². The summed E-state index contributed by atoms with van der Waals surface area (Å²) in [7, 11) is 0. The monoisotopic (exact) mass is 165 g/mol. The molecule has 1 aromatic heterocycles. The van der Waals surface area contributed by atoms with Crippen molar-refractivity contribution in [2.45, 2.75) is 26.4 Å². The molecule has 1 aromatic rings. The van der Waals surface area contributed by atoms with Crippen LogP contribution in [-0.2, 0) is 6.54 Å². The van der Waals surface area contributed by atoms with Crippen LogP contribution in [0, 0.1) is 0 Å². The highest BCUT2D eigenvalue weighted by Crippen LogP contribution is 2.10. The van der Waals surface area contributed by atoms with E-state index in [0.29, 0.717) is 6.04 Å². The molecule has 0 saturated carbocycles. The summed E-state index contributed by atoms with van der Waals surface area (Å²) in [5, 5.41) is 11.3. The number of aromatic nitrogens is 4. The molecule has 2 rings (SSSR count). The maximum atomic E-state index is 3.90. The van der Waals surface area contributed by atoms with E-state index in [2.05, 4.69) is 34.3 Å². The Labute approximate surface area is 70.7 Å². The molecule has 0 unspecified atom stereocenters. The van der Waals surface area contributed by atoms with Crippen molar-refractivity contribution in [2.75, 3.05) is 0 Å². The zero-order chi connectivity index (χ0) is 8.55. The van der Waals surface area contributed by atoms with Gasteiger partial charge in [0.2, 0.25) is 0 Å². The van der Waals surface area contributed by atoms with Gasteiger partial charge in [-0.2, -0.15) is 0 Å². The summed E-state index contributed by atoms with van der Waals surface area (Å²) < 4.78 is 1.69. The van der Waals surface area contributed by atoms with Gasteiger partial charge in [-0.25, -0.2) is 4.68 Å². The van der Waals surface area contributed by atoms with Gasteiger partial charge in [-0.05, 0) is 24.3 Å². The number of tetrazole rings is 1. The Hall–Kier alpha value is -1.39. The average Bonchev–Trinajstić information content (AvgIpc) is 2.49. The molecule has 1 aliphatic rings. The molecule has 5 nitrogen and oxygen atoms in total. The maximum absolute atomic E-state index is 3.90. The van der Waals surface area contributed by atoms with Gasteiger partial charge in [-0.15, -0.1) is 5.10 Å². The zero-order valence-electron chi connectivity index (χ0n) is 7.18. The van der Waals surface area contributed by atoms with Crippen LogP contribution in [0.5, 0.6) is 0 Å². The number of rotatable bonds is 1. The smallest absolute Gasteiger partial charge is 0.175 e. The Bertz CT molecular complexity index is 301. The fourth-order valence-corrected chi connectivity index (χ4v) is 1.15. The van der Waals surface area contributed by atoms with E-state index < -0.39 is 0 Å². The van der Waals surface area contributed by atoms with Gasteiger partial charge in [0.05, 0.1) is 6.54 Å². The summed E-state index contributed by atoms with van der Waals surface area (Å²) in [6, 6.07) is 0.492. The molecule has 12 heavy (non-hydrogen) atoms. The Balaban J connectivity index is 2.24. The molecule has 0 bridgehead atoms. The minimum Gasteiger partial charge on any atom is -0.366 e. The van der Waals surface area contributed by atoms with Crippen molar-refractivity contribution in [2.24, 2.45) is 0 Å². The van der Waals surface area contributed by atoms with Gasteiger partial charge in [-0.1, -0.05) is 0 Å². The minimum atomic E-state index is 0.492. The van der Waals surface area contributed by atoms with Gasteiger partial charge in [0.1, 0.15) is 0 Å². The quantitative estimate of drug-likeness (QED) is 0.601. The van der Waals surface area contributed by atoms with Crippen LogP contribution in [0.4, 0.5) is 0 Å². The molecular weight excluding hydrogens is 154 g/mol. The summed E-state index contributed by atoms with van der Waals surface area (Å²) >= 11 is 0. The normalized spacial score (nSPS) is 15.4. The van der Waals surface area contributed by atoms with Crippen molar-refractivity contribution in [1.29, 1.82) is 0 Å². The number of hydrogen-bond donors (Lipinski definition) is 0. The van der Waals surface area contributed by atoms with Crippen LogP contribution in [0.15, 0.2) is 6.20 Å². The molecule has 0 N–H and O–H groups in total. The first-order chi connectivity index (χ1) is 5.77. The average molecular weight is 165 g/mol. The second kappa shape index (κ2) is 2.58. The summed E-state index contributed by atoms with van der Waals surface area (Å²) in [5.41, 5.74) is 0. The van der Waals surface area contributed by atoms with Crippen LogP contribution >= 0.6 is 0 Å². The molecular formula is C7H11N5. The number of nitrogens with zero attached hydrogens (tertiary/aromatic N) is 5. The second-order valence-corrected chi connectivity index (χ2v) is 3.10. The molecule has 0 aliphatic carbocycles. The van der Waals surface area contributed by atoms with E-state index in [9.17, 15) is 0 Å². The van der Waals surface area contributed by atoms with Gasteiger partial charge < -0.3 is 4.90 Å². The predicted molar refractivity (Wildman–Crippen MR) is 43.8 cm³/mol. The first-order valence-corrected chi connectivity index (χ1v) is 3.98. The SMILES string of the molecule is CC(C)N1C=Cn2nnnc2C1. The maximum Gasteiger partial charge on any atom is 0.175 e. The second-order valence-electron chi connectivity index (χ2n) is 3.10. The van der Waals surface area contributed by atoms with Crippen molar-refractivity contribution >= 4 is 6.20 Å². The van der Waals surface area contributed by atoms with Gasteiger partial charge in [0.15, 0.2) is 5.82 Å². The van der Waals surface area contributed by atoms with Crippen LogP contribution in [0.1, 0.15) is 19.7 Å². The third-order valence-electron chi connectivity index (χ3n) is 1.95. The van der Waals surface area contributed by atoms with Crippen LogP contribution in [0.25, 0.3) is 6.20 Å². The molecule has 5 heteroatoms. The first-order valence-electron chi connectivity index (χ1n) is 3.98. The molecule has 2 heterocycles. The third kappa shape index (κ3) is 1.07. The fourth-order valence-electron chi connectivity index (χ4n) is 1.15. The van der Waals surface area contributed by atoms with Crippen LogP contribution in [0.3, 0.4) is 0 Å². The zero-order valence-corrected chi connectivity index (χ0v) is 7.18. The largest absolute Gasteiger partial charge is 0.366 e. The number of hydrogen-bond acceptors (Lipinski definition) is 4. The first kappa shape index (κ1) is 7.27. The summed E-state index contributed by atoms with van der Waals surface area (Å²) in [4.78, 5) is 2.19. The van der Waals surface area contributed by atoms with Crippen molar-refractivity contribution < 1.29 is 0 Å². The molecule has 1 aliphatic heterocycles. The summed E-state index contributed by atoms with van der Waals surface area (Å²) in [5.74, 6) is 0.895. The molecule has 0 atom stereocenters. The van der Waals surface area contributed by atoms with Gasteiger partial charge in [0.25, 0.3) is 0 Å². The molecule has 0 radical (unpaired) electrons. The van der Waals surface area contributed by atoms with Crippen molar-refractivity contribution in [3.63, 3.8) is 0 Å². The van der Waals surface area contributed by atoms with E-state index >= 15 is 0 Å². The van der Waals surface area contributed by atoms with Crippen LogP contribution in [0.2, 0.25) is 0 Å². The highest BCUT2D eigenvalue weighted by Gasteiger charge is 2.14. The highest BCUT2D eigenvalue weighted by molar-refractivity contribution is 5.23. The minimum absolute atomic E-state index is 0.492. The van der Waals surface area contributed by atoms with Gasteiger partial charge >= 0.3 is 0 Å². The molecule has 64 valence electrons. The summed E-state index contributed by atoms with van der Waals surface area (Å²) in [6.45, 7) is 5.08. The topological polar surface area (TPSA) is 46.8 Å². The van der Waals surface area contributed by atoms with Crippen molar-refractivity contribution in [3.05, 3.63) is 12.0 Å². The van der Waals surface area contributed by atoms with Crippen molar-refractivity contribution in [3.8, 4) is 0 Å². The van der Waals surface area contributed by atoms with E-state index in [1.807, 2.05) is 12.4 Å². The summed E-state index contributed by atoms with van der Waals surface area (Å²) in [6.07, 6.45) is 3.88. The van der Waals surface area contributed by atoms with Crippen molar-refractivity contribution in [1.82, 2.24) is 25.1 Å². The molecule has 0 amide bonds. The standard InChI is InChI=1S/C7H11N5/c1-6(2)11-3-4-12-7(5-11)8-9-10-12/h3-4,6H,5H2,1-2H3. The number of fused-ring (bicyclic) bond motifs is 1. The molecule has 0 saturated heterocycles. The van der Waals surface area contributed by atoms with Gasteiger partial charge in [-0.3, -0.25) is 0 Å². The van der Waals surface area contributed by atoms with E-state index in [0.717, 1.165) is 12.4 Å². The molecule has 0 fully saturated rings. The molecule has 0 aromatic carbocycles. The van der Waals surface area contributed by atoms with E-state index in [4.69, 9.17) is 0 Å². The Morgan fingerprint density at radius 2 is 2.25 bits per heavy atom.